The molecule has 134 valence electrons. The van der Waals surface area contributed by atoms with Gasteiger partial charge in [0.25, 0.3) is 0 Å². The van der Waals surface area contributed by atoms with E-state index >= 15 is 0 Å². The minimum absolute atomic E-state index is 0.273. The number of benzene rings is 2. The minimum atomic E-state index is 0.273. The molecule has 25 heavy (non-hydrogen) atoms. The zero-order valence-electron chi connectivity index (χ0n) is 14.7. The van der Waals surface area contributed by atoms with Crippen molar-refractivity contribution in [1.29, 1.82) is 0 Å². The first-order chi connectivity index (χ1) is 12.3. The van der Waals surface area contributed by atoms with Crippen molar-refractivity contribution < 1.29 is 5.11 Å². The Morgan fingerprint density at radius 2 is 1.72 bits per heavy atom. The Morgan fingerprint density at radius 1 is 1.00 bits per heavy atom. The summed E-state index contributed by atoms with van der Waals surface area (Å²) in [5.74, 6) is 0.975. The summed E-state index contributed by atoms with van der Waals surface area (Å²) >= 11 is 1.81. The van der Waals surface area contributed by atoms with Gasteiger partial charge in [-0.1, -0.05) is 30.3 Å². The minimum Gasteiger partial charge on any atom is -0.396 e. The Morgan fingerprint density at radius 3 is 2.40 bits per heavy atom. The van der Waals surface area contributed by atoms with Crippen molar-refractivity contribution in [1.82, 2.24) is 4.90 Å². The van der Waals surface area contributed by atoms with Crippen LogP contribution in [0.15, 0.2) is 59.5 Å². The average molecular weight is 357 g/mol. The second-order valence-corrected chi connectivity index (χ2v) is 7.80. The number of aliphatic hydroxyl groups is 1. The van der Waals surface area contributed by atoms with Crippen LogP contribution in [0.4, 0.5) is 5.69 Å². The van der Waals surface area contributed by atoms with E-state index in [-0.39, 0.29) is 6.61 Å². The Balaban J connectivity index is 1.41. The maximum absolute atomic E-state index is 8.85. The average Bonchev–Trinajstić information content (AvgIpc) is 2.66. The summed E-state index contributed by atoms with van der Waals surface area (Å²) in [6.07, 6.45) is 3.24. The number of nitrogens with zero attached hydrogens (tertiary/aromatic N) is 1. The number of hydrogen-bond acceptors (Lipinski definition) is 4. The number of aliphatic hydroxyl groups excluding tert-OH is 1. The molecule has 0 radical (unpaired) electrons. The van der Waals surface area contributed by atoms with Crippen molar-refractivity contribution in [2.24, 2.45) is 0 Å². The van der Waals surface area contributed by atoms with E-state index in [9.17, 15) is 0 Å². The van der Waals surface area contributed by atoms with Crippen LogP contribution in [0.5, 0.6) is 0 Å². The molecule has 2 N–H and O–H groups in total. The molecule has 4 heteroatoms. The number of rotatable bonds is 8. The first-order valence-electron chi connectivity index (χ1n) is 9.20. The van der Waals surface area contributed by atoms with Crippen LogP contribution in [0, 0.1) is 0 Å². The zero-order valence-corrected chi connectivity index (χ0v) is 15.5. The van der Waals surface area contributed by atoms with E-state index in [1.54, 1.807) is 11.8 Å². The molecule has 2 aromatic carbocycles. The van der Waals surface area contributed by atoms with Crippen LogP contribution in [0.2, 0.25) is 0 Å². The van der Waals surface area contributed by atoms with Gasteiger partial charge in [0, 0.05) is 48.6 Å². The fourth-order valence-corrected chi connectivity index (χ4v) is 4.05. The van der Waals surface area contributed by atoms with Gasteiger partial charge in [-0.3, -0.25) is 4.90 Å². The first kappa shape index (κ1) is 18.3. The van der Waals surface area contributed by atoms with Crippen LogP contribution in [0.25, 0.3) is 0 Å². The lowest BCUT2D eigenvalue weighted by molar-refractivity contribution is 0.211. The van der Waals surface area contributed by atoms with Crippen LogP contribution >= 0.6 is 11.8 Å². The van der Waals surface area contributed by atoms with E-state index in [2.05, 4.69) is 64.8 Å². The summed E-state index contributed by atoms with van der Waals surface area (Å²) in [5.41, 5.74) is 2.62. The van der Waals surface area contributed by atoms with Crippen molar-refractivity contribution in [2.45, 2.75) is 36.7 Å². The molecule has 0 saturated carbocycles. The molecule has 0 bridgehead atoms. The predicted octanol–water partition coefficient (Wildman–Crippen LogP) is 4.24. The molecule has 0 unspecified atom stereocenters. The molecule has 1 heterocycles. The highest BCUT2D eigenvalue weighted by atomic mass is 32.2. The van der Waals surface area contributed by atoms with E-state index in [0.717, 1.165) is 31.8 Å². The molecule has 0 aliphatic carbocycles. The standard InChI is InChI=1S/C21H28N2OS/c24-15-4-16-25-21-9-7-19(8-10-21)22-20-11-13-23(14-12-20)17-18-5-2-1-3-6-18/h1-3,5-10,20,22,24H,4,11-17H2. The van der Waals surface area contributed by atoms with Crippen molar-refractivity contribution in [3.63, 3.8) is 0 Å². The molecular weight excluding hydrogens is 328 g/mol. The fraction of sp³-hybridized carbons (Fsp3) is 0.429. The SMILES string of the molecule is OCCCSc1ccc(NC2CCN(Cc3ccccc3)CC2)cc1. The molecule has 2 aromatic rings. The number of nitrogens with one attached hydrogen (secondary N) is 1. The maximum Gasteiger partial charge on any atom is 0.0439 e. The molecule has 0 aromatic heterocycles. The van der Waals surface area contributed by atoms with Gasteiger partial charge in [-0.25, -0.2) is 0 Å². The monoisotopic (exact) mass is 356 g/mol. The van der Waals surface area contributed by atoms with Crippen LogP contribution in [0.1, 0.15) is 24.8 Å². The summed E-state index contributed by atoms with van der Waals surface area (Å²) < 4.78 is 0. The smallest absolute Gasteiger partial charge is 0.0439 e. The van der Waals surface area contributed by atoms with Gasteiger partial charge in [0.2, 0.25) is 0 Å². The third-order valence-corrected chi connectivity index (χ3v) is 5.73. The normalized spacial score (nSPS) is 16.0. The van der Waals surface area contributed by atoms with Gasteiger partial charge >= 0.3 is 0 Å². The lowest BCUT2D eigenvalue weighted by atomic mass is 10.0. The second-order valence-electron chi connectivity index (χ2n) is 6.63. The molecule has 0 spiro atoms. The number of thioether (sulfide) groups is 1. The van der Waals surface area contributed by atoms with E-state index in [4.69, 9.17) is 5.11 Å². The van der Waals surface area contributed by atoms with Crippen molar-refractivity contribution in [3.8, 4) is 0 Å². The Hall–Kier alpha value is -1.49. The van der Waals surface area contributed by atoms with Gasteiger partial charge in [0.1, 0.15) is 0 Å². The van der Waals surface area contributed by atoms with Crippen molar-refractivity contribution in [3.05, 3.63) is 60.2 Å². The van der Waals surface area contributed by atoms with Gasteiger partial charge in [0.15, 0.2) is 0 Å². The molecule has 1 aliphatic rings. The largest absolute Gasteiger partial charge is 0.396 e. The van der Waals surface area contributed by atoms with Crippen LogP contribution in [-0.2, 0) is 6.54 Å². The Labute approximate surface area is 155 Å². The van der Waals surface area contributed by atoms with E-state index < -0.39 is 0 Å². The Kier molecular flexibility index (Phi) is 7.22. The number of piperidine rings is 1. The van der Waals surface area contributed by atoms with Gasteiger partial charge in [-0.2, -0.15) is 0 Å². The van der Waals surface area contributed by atoms with E-state index in [1.165, 1.54) is 29.0 Å². The molecule has 0 amide bonds. The van der Waals surface area contributed by atoms with Crippen molar-refractivity contribution in [2.75, 3.05) is 30.8 Å². The summed E-state index contributed by atoms with van der Waals surface area (Å²) in [4.78, 5) is 3.82. The van der Waals surface area contributed by atoms with Crippen molar-refractivity contribution >= 4 is 17.4 Å². The summed E-state index contributed by atoms with van der Waals surface area (Å²) in [7, 11) is 0. The maximum atomic E-state index is 8.85. The highest BCUT2D eigenvalue weighted by Gasteiger charge is 2.18. The van der Waals surface area contributed by atoms with Gasteiger partial charge < -0.3 is 10.4 Å². The fourth-order valence-electron chi connectivity index (χ4n) is 3.21. The third-order valence-electron chi connectivity index (χ3n) is 4.63. The molecule has 1 aliphatic heterocycles. The predicted molar refractivity (Wildman–Crippen MR) is 107 cm³/mol. The lowest BCUT2D eigenvalue weighted by Crippen LogP contribution is -2.38. The molecule has 1 fully saturated rings. The number of likely N-dealkylation sites (tertiary alicyclic amines) is 1. The quantitative estimate of drug-likeness (QED) is 0.548. The lowest BCUT2D eigenvalue weighted by Gasteiger charge is -2.33. The van der Waals surface area contributed by atoms with Crippen LogP contribution in [0.3, 0.4) is 0 Å². The van der Waals surface area contributed by atoms with E-state index in [0.29, 0.717) is 6.04 Å². The summed E-state index contributed by atoms with van der Waals surface area (Å²) in [5, 5.41) is 12.5. The first-order valence-corrected chi connectivity index (χ1v) is 10.2. The summed E-state index contributed by atoms with van der Waals surface area (Å²) in [6.45, 7) is 3.65. The highest BCUT2D eigenvalue weighted by molar-refractivity contribution is 7.99. The van der Waals surface area contributed by atoms with Gasteiger partial charge in [-0.05, 0) is 49.1 Å². The van der Waals surface area contributed by atoms with Crippen LogP contribution in [-0.4, -0.2) is 41.5 Å². The van der Waals surface area contributed by atoms with Crippen LogP contribution < -0.4 is 5.32 Å². The summed E-state index contributed by atoms with van der Waals surface area (Å²) in [6, 6.07) is 20.0. The number of hydrogen-bond donors (Lipinski definition) is 2. The molecule has 0 atom stereocenters. The zero-order chi connectivity index (χ0) is 17.3. The topological polar surface area (TPSA) is 35.5 Å². The molecule has 1 saturated heterocycles. The Bertz CT molecular complexity index is 610. The third kappa shape index (κ3) is 6.07. The molecule has 3 rings (SSSR count). The number of anilines is 1. The second kappa shape index (κ2) is 9.85. The molecular formula is C21H28N2OS. The van der Waals surface area contributed by atoms with E-state index in [1.807, 2.05) is 0 Å². The molecule has 3 nitrogen and oxygen atoms in total. The van der Waals surface area contributed by atoms with Gasteiger partial charge in [-0.15, -0.1) is 11.8 Å². The van der Waals surface area contributed by atoms with Gasteiger partial charge in [0.05, 0.1) is 0 Å². The highest BCUT2D eigenvalue weighted by Crippen LogP contribution is 2.23.